The van der Waals surface area contributed by atoms with Crippen molar-refractivity contribution in [3.05, 3.63) is 226 Å². The van der Waals surface area contributed by atoms with E-state index in [1.165, 1.54) is 37.3 Å². The van der Waals surface area contributed by atoms with Crippen LogP contribution in [-0.2, 0) is 50.7 Å². The Morgan fingerprint density at radius 1 is 0.675 bits per heavy atom. The molecule has 0 radical (unpaired) electrons. The van der Waals surface area contributed by atoms with Gasteiger partial charge in [-0.3, -0.25) is 30.3 Å². The van der Waals surface area contributed by atoms with E-state index < -0.39 is 65.0 Å². The molecule has 622 valence electrons. The number of ketones is 1. The highest BCUT2D eigenvalue weighted by Crippen LogP contribution is 2.39. The fraction of sp³-hybridized carbons (Fsp3) is 0.391. The maximum absolute atomic E-state index is 13.4. The molecule has 25 nitrogen and oxygen atoms in total. The second-order valence-corrected chi connectivity index (χ2v) is 31.1. The summed E-state index contributed by atoms with van der Waals surface area (Å²) >= 11 is 4.74. The molecule has 0 spiro atoms. The number of ether oxygens (including phenoxy) is 2. The molecule has 30 heteroatoms. The minimum Gasteiger partial charge on any atom is -0.493 e. The summed E-state index contributed by atoms with van der Waals surface area (Å²) in [4.78, 5) is 77.5. The standard InChI is InChI=1S/C29H38F3N5O2.C26H40ClN5O3S.C26H23N3O4.C6H5N3/c1-7-27(3,4)19-14-15-23(21(18-19)28(5,6)8-2)39-17-11-16-33-26(38)37-36-24-20-12-9-10-13-22(20)34-25(35-24)29(30,31)32;1-5-7-9-10-11-12-16-34-22-15-14-19(3)17-23(22)35-36(33)28-18-20(4)25-29-26-24(27)21(13-8-6-2)30-32(26)31-25;1-17-10-8-9-15-20(17)27-24(31)22(23(30)19-13-6-3-7-14-19)29-25(32)21(28-26(29)33)16-18-11-4-2-5-12-18;1-2-4-6-5(3-1)7-9-8-6/h9-10,12-15,18H,7-8,11,16-17H2,1-6H3,(H2,33,37,38)(H,34,35,36);14-15,17,20,28,30H,5-13,16,18H2,1-4H3;2-15,21-22H,16H2,1H3,(H,27,31)(H,28,33);1-4H,(H,7,8,9). The second kappa shape index (κ2) is 43.1. The Bertz CT molecular complexity index is 5090. The zero-order valence-corrected chi connectivity index (χ0v) is 69.7. The topological polar surface area (TPSA) is 319 Å². The number of urea groups is 2. The van der Waals surface area contributed by atoms with E-state index in [4.69, 9.17) is 25.3 Å². The van der Waals surface area contributed by atoms with Crippen molar-refractivity contribution in [3.8, 4) is 17.2 Å². The number of alkyl halides is 3. The number of aromatic amines is 2. The molecule has 1 aliphatic heterocycles. The third kappa shape index (κ3) is 25.4. The summed E-state index contributed by atoms with van der Waals surface area (Å²) in [5.41, 5.74) is 14.2. The van der Waals surface area contributed by atoms with Gasteiger partial charge in [-0.15, -0.1) is 5.10 Å². The van der Waals surface area contributed by atoms with Gasteiger partial charge in [0.05, 0.1) is 24.4 Å². The van der Waals surface area contributed by atoms with Crippen LogP contribution in [0.3, 0.4) is 0 Å². The smallest absolute Gasteiger partial charge is 0.451 e. The summed E-state index contributed by atoms with van der Waals surface area (Å²) in [5.74, 6) is -0.997. The normalized spacial score (nSPS) is 13.6. The number of hydrazine groups is 1. The monoisotopic (exact) mass is 1640 g/mol. The number of carbonyl (C=O) groups is 5. The first kappa shape index (κ1) is 89.6. The summed E-state index contributed by atoms with van der Waals surface area (Å²) in [7, 11) is 0. The Hall–Kier alpha value is -11.3. The molecule has 4 aromatic heterocycles. The number of benzene rings is 7. The van der Waals surface area contributed by atoms with Crippen LogP contribution in [-0.4, -0.2) is 122 Å². The molecule has 7 aromatic carbocycles. The lowest BCUT2D eigenvalue weighted by Gasteiger charge is -2.30. The molecule has 1 fully saturated rings. The van der Waals surface area contributed by atoms with Gasteiger partial charge < -0.3 is 29.6 Å². The summed E-state index contributed by atoms with van der Waals surface area (Å²) < 4.78 is 74.5. The van der Waals surface area contributed by atoms with Crippen LogP contribution in [0.15, 0.2) is 170 Å². The lowest BCUT2D eigenvalue weighted by Crippen LogP contribution is -2.52. The zero-order chi connectivity index (χ0) is 84.2. The van der Waals surface area contributed by atoms with E-state index in [9.17, 15) is 41.4 Å². The number of hydrogen-bond acceptors (Lipinski definition) is 16. The molecule has 11 aromatic rings. The van der Waals surface area contributed by atoms with Gasteiger partial charge >= 0.3 is 18.2 Å². The highest BCUT2D eigenvalue weighted by Gasteiger charge is 2.48. The van der Waals surface area contributed by atoms with Crippen molar-refractivity contribution in [2.75, 3.05) is 37.0 Å². The molecule has 12 rings (SSSR count). The Labute approximate surface area is 688 Å². The Balaban J connectivity index is 0.000000189. The van der Waals surface area contributed by atoms with Crippen LogP contribution in [0.5, 0.6) is 17.2 Å². The van der Waals surface area contributed by atoms with Crippen LogP contribution in [0.2, 0.25) is 5.02 Å². The fourth-order valence-electron chi connectivity index (χ4n) is 12.4. The van der Waals surface area contributed by atoms with Gasteiger partial charge in [-0.2, -0.15) is 37.4 Å². The second-order valence-electron chi connectivity index (χ2n) is 29.8. The van der Waals surface area contributed by atoms with Crippen molar-refractivity contribution < 1.29 is 55.0 Å². The Kier molecular flexibility index (Phi) is 33.0. The van der Waals surface area contributed by atoms with Crippen molar-refractivity contribution in [1.29, 1.82) is 0 Å². The number of H-pyrrole nitrogens is 2. The summed E-state index contributed by atoms with van der Waals surface area (Å²) in [6, 6.07) is 46.6. The molecular formula is C87H106ClF3N16O9S. The number of aromatic nitrogens is 9. The minimum atomic E-state index is -4.72. The Morgan fingerprint density at radius 2 is 1.30 bits per heavy atom. The van der Waals surface area contributed by atoms with Gasteiger partial charge in [0.2, 0.25) is 5.82 Å². The van der Waals surface area contributed by atoms with Crippen molar-refractivity contribution in [3.63, 3.8) is 0 Å². The lowest BCUT2D eigenvalue weighted by molar-refractivity contribution is -0.144. The maximum Gasteiger partial charge on any atom is 0.451 e. The number of nitrogens with one attached hydrogen (secondary N) is 8. The fourth-order valence-corrected chi connectivity index (χ4v) is 13.4. The van der Waals surface area contributed by atoms with Gasteiger partial charge in [-0.25, -0.2) is 34.2 Å². The number of amides is 6. The molecule has 1 aliphatic rings. The first-order valence-corrected chi connectivity index (χ1v) is 41.1. The van der Waals surface area contributed by atoms with Crippen molar-refractivity contribution >= 4 is 91.6 Å². The molecule has 6 amide bonds. The summed E-state index contributed by atoms with van der Waals surface area (Å²) in [5, 5.41) is 27.0. The van der Waals surface area contributed by atoms with Crippen LogP contribution < -0.4 is 45.2 Å². The molecule has 0 saturated carbocycles. The maximum atomic E-state index is 13.4. The van der Waals surface area contributed by atoms with E-state index in [2.05, 4.69) is 140 Å². The number of carbonyl (C=O) groups excluding carboxylic acids is 5. The van der Waals surface area contributed by atoms with Crippen LogP contribution in [0.25, 0.3) is 27.6 Å². The zero-order valence-electron chi connectivity index (χ0n) is 68.1. The third-order valence-electron chi connectivity index (χ3n) is 20.1. The van der Waals surface area contributed by atoms with Crippen molar-refractivity contribution in [1.82, 2.24) is 70.9 Å². The number of hydrogen-bond donors (Lipinski definition) is 8. The Morgan fingerprint density at radius 3 is 1.97 bits per heavy atom. The van der Waals surface area contributed by atoms with Crippen molar-refractivity contribution in [2.24, 2.45) is 0 Å². The van der Waals surface area contributed by atoms with E-state index in [1.807, 2.05) is 112 Å². The molecule has 117 heavy (non-hydrogen) atoms. The number of para-hydroxylation sites is 4. The molecular weight excluding hydrogens is 1540 g/mol. The van der Waals surface area contributed by atoms with Gasteiger partial charge in [0.15, 0.2) is 40.6 Å². The highest BCUT2D eigenvalue weighted by molar-refractivity contribution is 7.78. The predicted octanol–water partition coefficient (Wildman–Crippen LogP) is 17.9. The van der Waals surface area contributed by atoms with E-state index in [0.29, 0.717) is 71.8 Å². The van der Waals surface area contributed by atoms with E-state index in [1.54, 1.807) is 65.3 Å². The van der Waals surface area contributed by atoms with Crippen LogP contribution in [0.4, 0.5) is 34.3 Å². The first-order valence-electron chi connectivity index (χ1n) is 39.6. The number of unbranched alkanes of at least 4 members (excludes halogenated alkanes) is 6. The summed E-state index contributed by atoms with van der Waals surface area (Å²) in [6.07, 6.45) is 8.24. The molecule has 0 bridgehead atoms. The molecule has 8 N–H and O–H groups in total. The van der Waals surface area contributed by atoms with Gasteiger partial charge in [0, 0.05) is 47.6 Å². The number of fused-ring (bicyclic) bond motifs is 3. The van der Waals surface area contributed by atoms with Crippen LogP contribution >= 0.6 is 11.6 Å². The van der Waals surface area contributed by atoms with Gasteiger partial charge in [0.25, 0.3) is 23.1 Å². The molecule has 1 saturated heterocycles. The van der Waals surface area contributed by atoms with Crippen LogP contribution in [0, 0.1) is 13.8 Å². The number of rotatable bonds is 35. The number of Topliss-reactive ketones (excluding diaryl/α,β-unsaturated/α-hetero) is 1. The SMILES string of the molecule is CCC(C)(C)c1ccc(OCCCNC(=O)NNc2nc(C(F)(F)F)nc3ccccc23)c(C(C)(C)CC)c1.CCCCCCCCOc1ccc(C)cc1OS(=O)NCC(C)c1nc2c(Cl)c(CCCC)[nH]n2n1.Cc1ccccc1NC(=O)C(C(=O)c1ccccc1)N1C(=O)NC(Cc2ccccc2)C1=O.c1ccc2n[nH]nc2c1. The predicted molar refractivity (Wildman–Crippen MR) is 452 cm³/mol. The molecule has 5 heterocycles. The van der Waals surface area contributed by atoms with E-state index in [-0.39, 0.29) is 40.1 Å². The number of anilines is 2. The lowest BCUT2D eigenvalue weighted by atomic mass is 9.76. The largest absolute Gasteiger partial charge is 0.493 e. The molecule has 4 unspecified atom stereocenters. The third-order valence-corrected chi connectivity index (χ3v) is 21.3. The minimum absolute atomic E-state index is 0.0594. The van der Waals surface area contributed by atoms with Gasteiger partial charge in [-0.05, 0) is 134 Å². The first-order chi connectivity index (χ1) is 56.1. The quantitative estimate of drug-likeness (QED) is 0.00602. The summed E-state index contributed by atoms with van der Waals surface area (Å²) in [6.45, 7) is 25.0. The molecule has 0 aliphatic carbocycles. The van der Waals surface area contributed by atoms with Gasteiger partial charge in [0.1, 0.15) is 27.8 Å². The van der Waals surface area contributed by atoms with E-state index in [0.717, 1.165) is 94.6 Å². The van der Waals surface area contributed by atoms with Crippen molar-refractivity contribution in [2.45, 2.75) is 195 Å². The number of nitrogens with zero attached hydrogens (tertiary/aromatic N) is 8. The van der Waals surface area contributed by atoms with E-state index >= 15 is 0 Å². The average molecular weight is 1640 g/mol. The number of aryl methyl sites for hydroxylation is 3. The number of imide groups is 1. The number of halogens is 4. The molecule has 4 atom stereocenters. The van der Waals surface area contributed by atoms with Crippen LogP contribution in [0.1, 0.15) is 194 Å². The highest BCUT2D eigenvalue weighted by atomic mass is 35.5. The average Bonchev–Trinajstić information content (AvgIpc) is 1.78. The van der Waals surface area contributed by atoms with Gasteiger partial charge in [-0.1, -0.05) is 234 Å².